The van der Waals surface area contributed by atoms with E-state index < -0.39 is 0 Å². The Labute approximate surface area is 249 Å². The Morgan fingerprint density at radius 2 is 1.85 bits per heavy atom. The predicted molar refractivity (Wildman–Crippen MR) is 165 cm³/mol. The van der Waals surface area contributed by atoms with Gasteiger partial charge < -0.3 is 24.8 Å². The topological polar surface area (TPSA) is 71.4 Å². The Balaban J connectivity index is 1.65. The Kier molecular flexibility index (Phi) is 8.14. The van der Waals surface area contributed by atoms with Gasteiger partial charge in [0, 0.05) is 46.7 Å². The van der Waals surface area contributed by atoms with Crippen molar-refractivity contribution in [3.8, 4) is 5.69 Å². The number of benzene rings is 2. The highest BCUT2D eigenvalue weighted by Gasteiger charge is 2.43. The van der Waals surface area contributed by atoms with Crippen LogP contribution in [0.15, 0.2) is 66.9 Å². The third-order valence-electron chi connectivity index (χ3n) is 7.25. The molecule has 0 bridgehead atoms. The number of aromatic nitrogens is 2. The van der Waals surface area contributed by atoms with E-state index in [0.29, 0.717) is 20.8 Å². The molecule has 3 heterocycles. The standard InChI is InChI=1S/C30H29Cl2N5O2S/c1-17-18(2)36(21-9-7-8-20(31)14-21)19(3)27(17)29-28(25-10-5-6-13-33-25)35-30(40)37(29)22-11-12-24(23(32)15-22)34-26(38)16-39-4/h5-15,28-29H,16H2,1-4H3,(H,34,38)(H,35,40)/t28-,29+/m0/s1. The third kappa shape index (κ3) is 5.20. The zero-order chi connectivity index (χ0) is 28.6. The van der Waals surface area contributed by atoms with Crippen LogP contribution in [0.1, 0.15) is 40.3 Å². The van der Waals surface area contributed by atoms with Crippen LogP contribution in [0.2, 0.25) is 10.0 Å². The number of rotatable bonds is 7. The molecule has 10 heteroatoms. The van der Waals surface area contributed by atoms with E-state index in [4.69, 9.17) is 40.2 Å². The number of pyridine rings is 1. The smallest absolute Gasteiger partial charge is 0.250 e. The SMILES string of the molecule is COCC(=O)Nc1ccc(N2C(=S)N[C@@H](c3ccccn3)[C@H]2c2c(C)c(C)n(-c3cccc(Cl)c3)c2C)cc1Cl. The van der Waals surface area contributed by atoms with Crippen molar-refractivity contribution >= 4 is 57.8 Å². The molecule has 206 valence electrons. The second-order valence-electron chi connectivity index (χ2n) is 9.67. The number of carbonyl (C=O) groups excluding carboxylic acids is 1. The number of carbonyl (C=O) groups is 1. The molecule has 0 spiro atoms. The van der Waals surface area contributed by atoms with Gasteiger partial charge in [0.1, 0.15) is 6.61 Å². The second kappa shape index (κ2) is 11.6. The van der Waals surface area contributed by atoms with Gasteiger partial charge in [0.2, 0.25) is 5.91 Å². The van der Waals surface area contributed by atoms with Crippen molar-refractivity contribution in [2.24, 2.45) is 0 Å². The lowest BCUT2D eigenvalue weighted by atomic mass is 9.93. The number of nitrogens with one attached hydrogen (secondary N) is 2. The molecule has 0 radical (unpaired) electrons. The Morgan fingerprint density at radius 1 is 1.05 bits per heavy atom. The van der Waals surface area contributed by atoms with Gasteiger partial charge in [-0.15, -0.1) is 0 Å². The first-order valence-electron chi connectivity index (χ1n) is 12.7. The molecule has 5 rings (SSSR count). The summed E-state index contributed by atoms with van der Waals surface area (Å²) < 4.78 is 7.15. The molecule has 1 aliphatic heterocycles. The van der Waals surface area contributed by atoms with Gasteiger partial charge in [0.25, 0.3) is 0 Å². The number of thiocarbonyl (C=S) groups is 1. The van der Waals surface area contributed by atoms with Crippen molar-refractivity contribution in [1.82, 2.24) is 14.9 Å². The van der Waals surface area contributed by atoms with Crippen molar-refractivity contribution in [2.75, 3.05) is 23.9 Å². The minimum absolute atomic E-state index is 0.0619. The summed E-state index contributed by atoms with van der Waals surface area (Å²) in [6, 6.07) is 18.8. The van der Waals surface area contributed by atoms with Gasteiger partial charge in [-0.3, -0.25) is 9.78 Å². The molecule has 7 nitrogen and oxygen atoms in total. The summed E-state index contributed by atoms with van der Waals surface area (Å²) in [5, 5.41) is 7.92. The molecule has 40 heavy (non-hydrogen) atoms. The average Bonchev–Trinajstić information content (AvgIpc) is 3.37. The summed E-state index contributed by atoms with van der Waals surface area (Å²) in [4.78, 5) is 18.9. The number of hydrogen-bond donors (Lipinski definition) is 2. The van der Waals surface area contributed by atoms with Crippen LogP contribution in [-0.2, 0) is 9.53 Å². The Hall–Kier alpha value is -3.43. The number of anilines is 2. The lowest BCUT2D eigenvalue weighted by molar-refractivity contribution is -0.119. The number of ether oxygens (including phenoxy) is 1. The Morgan fingerprint density at radius 3 is 2.52 bits per heavy atom. The molecule has 0 unspecified atom stereocenters. The third-order valence-corrected chi connectivity index (χ3v) is 8.11. The van der Waals surface area contributed by atoms with Crippen molar-refractivity contribution in [3.63, 3.8) is 0 Å². The monoisotopic (exact) mass is 593 g/mol. The van der Waals surface area contributed by atoms with Crippen LogP contribution in [0.5, 0.6) is 0 Å². The molecule has 2 aromatic heterocycles. The molecule has 1 aliphatic rings. The zero-order valence-corrected chi connectivity index (χ0v) is 24.9. The number of hydrogen-bond acceptors (Lipinski definition) is 4. The molecular formula is C30H29Cl2N5O2S. The highest BCUT2D eigenvalue weighted by molar-refractivity contribution is 7.80. The van der Waals surface area contributed by atoms with Crippen LogP contribution in [0, 0.1) is 20.8 Å². The van der Waals surface area contributed by atoms with Crippen LogP contribution < -0.4 is 15.5 Å². The maximum atomic E-state index is 12.1. The number of nitrogens with zero attached hydrogens (tertiary/aromatic N) is 3. The van der Waals surface area contributed by atoms with E-state index in [1.807, 2.05) is 48.5 Å². The minimum Gasteiger partial charge on any atom is -0.375 e. The van der Waals surface area contributed by atoms with Gasteiger partial charge >= 0.3 is 0 Å². The average molecular weight is 595 g/mol. The number of halogens is 2. The van der Waals surface area contributed by atoms with E-state index in [1.165, 1.54) is 7.11 Å². The number of methoxy groups -OCH3 is 1. The van der Waals surface area contributed by atoms with Gasteiger partial charge in [0.15, 0.2) is 5.11 Å². The molecule has 1 amide bonds. The van der Waals surface area contributed by atoms with Crippen LogP contribution in [-0.4, -0.2) is 34.3 Å². The molecule has 1 saturated heterocycles. The molecule has 1 fully saturated rings. The van der Waals surface area contributed by atoms with Crippen LogP contribution >= 0.6 is 35.4 Å². The quantitative estimate of drug-likeness (QED) is 0.228. The van der Waals surface area contributed by atoms with Gasteiger partial charge in [-0.05, 0) is 87.1 Å². The highest BCUT2D eigenvalue weighted by atomic mass is 35.5. The Bertz CT molecular complexity index is 1590. The van der Waals surface area contributed by atoms with E-state index >= 15 is 0 Å². The molecule has 0 aliphatic carbocycles. The lowest BCUT2D eigenvalue weighted by Gasteiger charge is -2.29. The van der Waals surface area contributed by atoms with Gasteiger partial charge in [0.05, 0.1) is 28.5 Å². The first-order valence-corrected chi connectivity index (χ1v) is 13.9. The van der Waals surface area contributed by atoms with Crippen molar-refractivity contribution in [3.05, 3.63) is 105 Å². The minimum atomic E-state index is -0.285. The van der Waals surface area contributed by atoms with E-state index in [-0.39, 0.29) is 24.6 Å². The van der Waals surface area contributed by atoms with E-state index in [9.17, 15) is 4.79 Å². The maximum Gasteiger partial charge on any atom is 0.250 e. The maximum absolute atomic E-state index is 12.1. The fourth-order valence-corrected chi connectivity index (χ4v) is 6.20. The van der Waals surface area contributed by atoms with Crippen LogP contribution in [0.25, 0.3) is 5.69 Å². The van der Waals surface area contributed by atoms with E-state index in [2.05, 4.69) is 51.9 Å². The first-order chi connectivity index (χ1) is 19.2. The fraction of sp³-hybridized carbons (Fsp3) is 0.233. The largest absolute Gasteiger partial charge is 0.375 e. The fourth-order valence-electron chi connectivity index (χ4n) is 5.44. The molecule has 2 aromatic carbocycles. The molecule has 2 N–H and O–H groups in total. The van der Waals surface area contributed by atoms with Crippen molar-refractivity contribution in [1.29, 1.82) is 0 Å². The summed E-state index contributed by atoms with van der Waals surface area (Å²) in [7, 11) is 1.47. The molecule has 0 saturated carbocycles. The summed E-state index contributed by atoms with van der Waals surface area (Å²) in [5.41, 5.74) is 7.63. The first kappa shape index (κ1) is 28.1. The summed E-state index contributed by atoms with van der Waals surface area (Å²) in [6.45, 7) is 6.30. The molecule has 2 atom stereocenters. The normalized spacial score (nSPS) is 16.8. The van der Waals surface area contributed by atoms with Gasteiger partial charge in [-0.2, -0.15) is 0 Å². The molecule has 4 aromatic rings. The van der Waals surface area contributed by atoms with Crippen LogP contribution in [0.4, 0.5) is 11.4 Å². The highest BCUT2D eigenvalue weighted by Crippen LogP contribution is 2.46. The van der Waals surface area contributed by atoms with E-state index in [1.54, 1.807) is 12.3 Å². The second-order valence-corrected chi connectivity index (χ2v) is 10.9. The van der Waals surface area contributed by atoms with Crippen molar-refractivity contribution < 1.29 is 9.53 Å². The summed E-state index contributed by atoms with van der Waals surface area (Å²) >= 11 is 19.0. The van der Waals surface area contributed by atoms with E-state index in [0.717, 1.165) is 39.6 Å². The lowest BCUT2D eigenvalue weighted by Crippen LogP contribution is -2.30. The summed E-state index contributed by atoms with van der Waals surface area (Å²) in [6.07, 6.45) is 1.79. The van der Waals surface area contributed by atoms with Crippen molar-refractivity contribution in [2.45, 2.75) is 32.9 Å². The zero-order valence-electron chi connectivity index (χ0n) is 22.5. The number of amides is 1. The molecular weight excluding hydrogens is 565 g/mol. The van der Waals surface area contributed by atoms with Crippen LogP contribution in [0.3, 0.4) is 0 Å². The predicted octanol–water partition coefficient (Wildman–Crippen LogP) is 6.87. The van der Waals surface area contributed by atoms with Gasteiger partial charge in [-0.1, -0.05) is 35.3 Å². The van der Waals surface area contributed by atoms with Gasteiger partial charge in [-0.25, -0.2) is 0 Å². The summed E-state index contributed by atoms with van der Waals surface area (Å²) in [5.74, 6) is -0.285.